The van der Waals surface area contributed by atoms with E-state index in [1.165, 1.54) is 34.9 Å². The highest BCUT2D eigenvalue weighted by Gasteiger charge is 2.35. The van der Waals surface area contributed by atoms with Crippen molar-refractivity contribution in [2.75, 3.05) is 5.75 Å². The van der Waals surface area contributed by atoms with E-state index >= 15 is 0 Å². The maximum Gasteiger partial charge on any atom is 0.103 e. The van der Waals surface area contributed by atoms with Gasteiger partial charge in [-0.05, 0) is 41.3 Å². The summed E-state index contributed by atoms with van der Waals surface area (Å²) >= 11 is 1.73. The average Bonchev–Trinajstić information content (AvgIpc) is 2.75. The van der Waals surface area contributed by atoms with Crippen molar-refractivity contribution < 1.29 is 5.11 Å². The number of unbranched alkanes of at least 4 members (excludes halogenated alkanes) is 3. The number of thioether (sulfide) groups is 1. The van der Waals surface area contributed by atoms with Crippen molar-refractivity contribution in [3.63, 3.8) is 0 Å². The third kappa shape index (κ3) is 5.15. The minimum atomic E-state index is -0.878. The normalized spacial score (nSPS) is 14.7. The van der Waals surface area contributed by atoms with Crippen LogP contribution in [0.5, 0.6) is 0 Å². The number of hydrogen-bond donors (Lipinski definition) is 1. The lowest BCUT2D eigenvalue weighted by Gasteiger charge is -2.34. The minimum Gasteiger partial charge on any atom is -0.384 e. The highest BCUT2D eigenvalue weighted by molar-refractivity contribution is 7.99. The van der Waals surface area contributed by atoms with Gasteiger partial charge in [0.25, 0.3) is 0 Å². The lowest BCUT2D eigenvalue weighted by atomic mass is 9.81. The standard InChI is InChI=1S/C25H31NOS/c1-3-4-5-6-10-20(2)25(27,23-13-9-16-26-18-23)19-28-24-15-14-21-11-7-8-12-22(21)17-24/h7-9,11-18,20,27H,3-6,10,19H2,1-2H3. The van der Waals surface area contributed by atoms with Crippen LogP contribution in [0, 0.1) is 5.92 Å². The van der Waals surface area contributed by atoms with Crippen molar-refractivity contribution in [2.45, 2.75) is 56.4 Å². The number of fused-ring (bicyclic) bond motifs is 1. The molecule has 3 heteroatoms. The van der Waals surface area contributed by atoms with Gasteiger partial charge in [-0.2, -0.15) is 0 Å². The predicted molar refractivity (Wildman–Crippen MR) is 121 cm³/mol. The Balaban J connectivity index is 1.76. The Kier molecular flexibility index (Phi) is 7.52. The summed E-state index contributed by atoms with van der Waals surface area (Å²) in [6.07, 6.45) is 9.53. The summed E-state index contributed by atoms with van der Waals surface area (Å²) in [6.45, 7) is 4.41. The molecule has 2 nitrogen and oxygen atoms in total. The Morgan fingerprint density at radius 2 is 1.82 bits per heavy atom. The highest BCUT2D eigenvalue weighted by atomic mass is 32.2. The first-order valence-corrected chi connectivity index (χ1v) is 11.4. The maximum absolute atomic E-state index is 11.7. The van der Waals surface area contributed by atoms with Crippen molar-refractivity contribution in [2.24, 2.45) is 5.92 Å². The van der Waals surface area contributed by atoms with E-state index in [9.17, 15) is 5.11 Å². The second kappa shape index (κ2) is 10.1. The molecule has 0 saturated heterocycles. The monoisotopic (exact) mass is 393 g/mol. The number of rotatable bonds is 10. The molecule has 0 aliphatic heterocycles. The molecule has 0 radical (unpaired) electrons. The van der Waals surface area contributed by atoms with Crippen LogP contribution in [0.1, 0.15) is 51.5 Å². The molecule has 2 unspecified atom stereocenters. The summed E-state index contributed by atoms with van der Waals surface area (Å²) in [5.74, 6) is 0.813. The van der Waals surface area contributed by atoms with E-state index in [1.54, 1.807) is 18.0 Å². The van der Waals surface area contributed by atoms with Crippen molar-refractivity contribution in [3.05, 3.63) is 72.6 Å². The van der Waals surface area contributed by atoms with Crippen LogP contribution < -0.4 is 0 Å². The van der Waals surface area contributed by atoms with Crippen LogP contribution in [0.3, 0.4) is 0 Å². The molecule has 1 aromatic heterocycles. The smallest absolute Gasteiger partial charge is 0.103 e. The van der Waals surface area contributed by atoms with E-state index in [1.807, 2.05) is 18.3 Å². The van der Waals surface area contributed by atoms with Crippen molar-refractivity contribution in [3.8, 4) is 0 Å². The molecule has 0 aliphatic carbocycles. The van der Waals surface area contributed by atoms with Crippen molar-refractivity contribution >= 4 is 22.5 Å². The van der Waals surface area contributed by atoms with Crippen LogP contribution in [0.2, 0.25) is 0 Å². The first kappa shape index (κ1) is 20.9. The van der Waals surface area contributed by atoms with E-state index in [2.05, 4.69) is 61.3 Å². The van der Waals surface area contributed by atoms with Gasteiger partial charge in [0.1, 0.15) is 5.60 Å². The van der Waals surface area contributed by atoms with Crippen LogP contribution in [0.4, 0.5) is 0 Å². The van der Waals surface area contributed by atoms with Gasteiger partial charge in [-0.1, -0.05) is 75.9 Å². The largest absolute Gasteiger partial charge is 0.384 e. The fourth-order valence-electron chi connectivity index (χ4n) is 3.70. The van der Waals surface area contributed by atoms with Crippen LogP contribution in [0.15, 0.2) is 71.9 Å². The van der Waals surface area contributed by atoms with Gasteiger partial charge in [0, 0.05) is 28.6 Å². The van der Waals surface area contributed by atoms with Gasteiger partial charge in [-0.3, -0.25) is 4.98 Å². The van der Waals surface area contributed by atoms with Gasteiger partial charge in [0.15, 0.2) is 0 Å². The molecule has 148 valence electrons. The second-order valence-corrected chi connectivity index (χ2v) is 8.76. The van der Waals surface area contributed by atoms with Crippen LogP contribution in [-0.4, -0.2) is 15.8 Å². The zero-order valence-corrected chi connectivity index (χ0v) is 17.8. The lowest BCUT2D eigenvalue weighted by Crippen LogP contribution is -2.36. The summed E-state index contributed by atoms with van der Waals surface area (Å²) in [5, 5.41) is 14.2. The van der Waals surface area contributed by atoms with Crippen LogP contribution in [-0.2, 0) is 5.60 Å². The molecular formula is C25H31NOS. The summed E-state index contributed by atoms with van der Waals surface area (Å²) in [5.41, 5.74) is 0.0443. The number of aromatic nitrogens is 1. The lowest BCUT2D eigenvalue weighted by molar-refractivity contribution is 0.00177. The van der Waals surface area contributed by atoms with Gasteiger partial charge in [-0.15, -0.1) is 11.8 Å². The van der Waals surface area contributed by atoms with Gasteiger partial charge in [0.2, 0.25) is 0 Å². The number of pyridine rings is 1. The number of aliphatic hydroxyl groups is 1. The zero-order chi connectivity index (χ0) is 19.8. The first-order chi connectivity index (χ1) is 13.6. The third-order valence-electron chi connectivity index (χ3n) is 5.65. The predicted octanol–water partition coefficient (Wildman–Crippen LogP) is 6.82. The van der Waals surface area contributed by atoms with Crippen molar-refractivity contribution in [1.82, 2.24) is 4.98 Å². The maximum atomic E-state index is 11.7. The Morgan fingerprint density at radius 3 is 2.57 bits per heavy atom. The summed E-state index contributed by atoms with van der Waals surface area (Å²) in [7, 11) is 0. The third-order valence-corrected chi connectivity index (χ3v) is 6.82. The highest BCUT2D eigenvalue weighted by Crippen LogP contribution is 2.38. The molecule has 0 saturated carbocycles. The van der Waals surface area contributed by atoms with Gasteiger partial charge in [0.05, 0.1) is 0 Å². The Bertz CT molecular complexity index is 867. The molecule has 1 heterocycles. The Hall–Kier alpha value is -1.84. The van der Waals surface area contributed by atoms with E-state index in [0.717, 1.165) is 18.4 Å². The quantitative estimate of drug-likeness (QED) is 0.303. The molecule has 2 atom stereocenters. The SMILES string of the molecule is CCCCCCC(C)C(O)(CSc1ccc2ccccc2c1)c1cccnc1. The van der Waals surface area contributed by atoms with E-state index in [-0.39, 0.29) is 5.92 Å². The summed E-state index contributed by atoms with van der Waals surface area (Å²) in [6, 6.07) is 18.9. The molecular weight excluding hydrogens is 362 g/mol. The molecule has 28 heavy (non-hydrogen) atoms. The van der Waals surface area contributed by atoms with E-state index < -0.39 is 5.60 Å². The van der Waals surface area contributed by atoms with Gasteiger partial charge < -0.3 is 5.11 Å². The molecule has 2 aromatic carbocycles. The first-order valence-electron chi connectivity index (χ1n) is 10.4. The molecule has 0 fully saturated rings. The zero-order valence-electron chi connectivity index (χ0n) is 17.0. The van der Waals surface area contributed by atoms with Crippen molar-refractivity contribution in [1.29, 1.82) is 0 Å². The topological polar surface area (TPSA) is 33.1 Å². The van der Waals surface area contributed by atoms with Crippen LogP contribution >= 0.6 is 11.8 Å². The number of nitrogens with zero attached hydrogens (tertiary/aromatic N) is 1. The second-order valence-electron chi connectivity index (χ2n) is 7.71. The molecule has 0 bridgehead atoms. The minimum absolute atomic E-state index is 0.182. The van der Waals surface area contributed by atoms with Crippen LogP contribution in [0.25, 0.3) is 10.8 Å². The Labute approximate surface area is 173 Å². The molecule has 0 aliphatic rings. The molecule has 3 rings (SSSR count). The molecule has 0 amide bonds. The number of hydrogen-bond acceptors (Lipinski definition) is 3. The fraction of sp³-hybridized carbons (Fsp3) is 0.400. The summed E-state index contributed by atoms with van der Waals surface area (Å²) < 4.78 is 0. The average molecular weight is 394 g/mol. The van der Waals surface area contributed by atoms with E-state index in [4.69, 9.17) is 0 Å². The van der Waals surface area contributed by atoms with Gasteiger partial charge in [-0.25, -0.2) is 0 Å². The fourth-order valence-corrected chi connectivity index (χ4v) is 4.91. The van der Waals surface area contributed by atoms with E-state index in [0.29, 0.717) is 5.75 Å². The molecule has 3 aromatic rings. The number of benzene rings is 2. The Morgan fingerprint density at radius 1 is 1.00 bits per heavy atom. The summed E-state index contributed by atoms with van der Waals surface area (Å²) in [4.78, 5) is 5.46. The molecule has 1 N–H and O–H groups in total. The van der Waals surface area contributed by atoms with Gasteiger partial charge >= 0.3 is 0 Å². The molecule has 0 spiro atoms.